The van der Waals surface area contributed by atoms with Crippen LogP contribution in [0.4, 0.5) is 11.4 Å². The zero-order valence-corrected chi connectivity index (χ0v) is 18.8. The Morgan fingerprint density at radius 2 is 1.71 bits per heavy atom. The number of anilines is 2. The van der Waals surface area contributed by atoms with E-state index in [1.54, 1.807) is 0 Å². The van der Waals surface area contributed by atoms with E-state index in [-0.39, 0.29) is 12.5 Å². The Morgan fingerprint density at radius 3 is 2.45 bits per heavy atom. The van der Waals surface area contributed by atoms with Gasteiger partial charge in [0.2, 0.25) is 0 Å². The molecule has 0 aromatic heterocycles. The SMILES string of the molecule is CCOc1cc(CNc2cc(Cl)ccc2C)ccc1OCC(=O)Nc1ccc(C)cc1. The van der Waals surface area contributed by atoms with Crippen LogP contribution >= 0.6 is 11.6 Å². The van der Waals surface area contributed by atoms with Crippen molar-refractivity contribution in [1.82, 2.24) is 0 Å². The number of aryl methyl sites for hydroxylation is 2. The van der Waals surface area contributed by atoms with Crippen LogP contribution < -0.4 is 20.1 Å². The molecule has 3 aromatic rings. The minimum atomic E-state index is -0.228. The van der Waals surface area contributed by atoms with Gasteiger partial charge in [0.25, 0.3) is 5.91 Å². The lowest BCUT2D eigenvalue weighted by molar-refractivity contribution is -0.118. The molecule has 0 unspecified atom stereocenters. The third kappa shape index (κ3) is 6.66. The monoisotopic (exact) mass is 438 g/mol. The normalized spacial score (nSPS) is 10.5. The third-order valence-corrected chi connectivity index (χ3v) is 4.92. The summed E-state index contributed by atoms with van der Waals surface area (Å²) in [7, 11) is 0. The average molecular weight is 439 g/mol. The lowest BCUT2D eigenvalue weighted by Gasteiger charge is -2.15. The summed E-state index contributed by atoms with van der Waals surface area (Å²) >= 11 is 6.09. The van der Waals surface area contributed by atoms with Gasteiger partial charge in [-0.1, -0.05) is 41.4 Å². The van der Waals surface area contributed by atoms with E-state index in [1.165, 1.54) is 0 Å². The minimum absolute atomic E-state index is 0.104. The first-order valence-electron chi connectivity index (χ1n) is 10.2. The Bertz CT molecular complexity index is 1040. The van der Waals surface area contributed by atoms with Gasteiger partial charge < -0.3 is 20.1 Å². The second kappa shape index (κ2) is 10.7. The van der Waals surface area contributed by atoms with Gasteiger partial charge in [0.1, 0.15) is 0 Å². The number of hydrogen-bond donors (Lipinski definition) is 2. The molecule has 0 spiro atoms. The van der Waals surface area contributed by atoms with Gasteiger partial charge in [-0.15, -0.1) is 0 Å². The highest BCUT2D eigenvalue weighted by Crippen LogP contribution is 2.29. The van der Waals surface area contributed by atoms with Crippen molar-refractivity contribution in [3.63, 3.8) is 0 Å². The maximum Gasteiger partial charge on any atom is 0.262 e. The van der Waals surface area contributed by atoms with Gasteiger partial charge in [0.05, 0.1) is 6.61 Å². The number of hydrogen-bond acceptors (Lipinski definition) is 4. The first kappa shape index (κ1) is 22.5. The fourth-order valence-electron chi connectivity index (χ4n) is 3.01. The summed E-state index contributed by atoms with van der Waals surface area (Å²) in [4.78, 5) is 12.2. The highest BCUT2D eigenvalue weighted by Gasteiger charge is 2.10. The fourth-order valence-corrected chi connectivity index (χ4v) is 3.18. The molecular formula is C25H27ClN2O3. The Balaban J connectivity index is 1.62. The molecule has 0 saturated carbocycles. The molecule has 0 aliphatic carbocycles. The van der Waals surface area contributed by atoms with E-state index in [0.29, 0.717) is 29.7 Å². The zero-order chi connectivity index (χ0) is 22.2. The summed E-state index contributed by atoms with van der Waals surface area (Å²) in [6.45, 7) is 6.94. The number of rotatable bonds is 9. The Hall–Kier alpha value is -3.18. The van der Waals surface area contributed by atoms with Gasteiger partial charge in [-0.25, -0.2) is 0 Å². The fraction of sp³-hybridized carbons (Fsp3) is 0.240. The van der Waals surface area contributed by atoms with Gasteiger partial charge in [-0.2, -0.15) is 0 Å². The summed E-state index contributed by atoms with van der Waals surface area (Å²) in [6, 6.07) is 19.1. The molecule has 1 amide bonds. The molecule has 5 nitrogen and oxygen atoms in total. The van der Waals surface area contributed by atoms with Crippen molar-refractivity contribution in [2.45, 2.75) is 27.3 Å². The summed E-state index contributed by atoms with van der Waals surface area (Å²) in [5, 5.41) is 6.91. The van der Waals surface area contributed by atoms with Crippen molar-refractivity contribution < 1.29 is 14.3 Å². The summed E-state index contributed by atoms with van der Waals surface area (Å²) in [6.07, 6.45) is 0. The lowest BCUT2D eigenvalue weighted by Crippen LogP contribution is -2.20. The maximum absolute atomic E-state index is 12.2. The molecule has 0 fully saturated rings. The van der Waals surface area contributed by atoms with E-state index in [4.69, 9.17) is 21.1 Å². The Kier molecular flexibility index (Phi) is 7.79. The van der Waals surface area contributed by atoms with Gasteiger partial charge in [0, 0.05) is 22.9 Å². The lowest BCUT2D eigenvalue weighted by atomic mass is 10.1. The van der Waals surface area contributed by atoms with E-state index < -0.39 is 0 Å². The van der Waals surface area contributed by atoms with E-state index in [1.807, 2.05) is 81.4 Å². The number of carbonyl (C=O) groups is 1. The highest BCUT2D eigenvalue weighted by molar-refractivity contribution is 6.30. The van der Waals surface area contributed by atoms with Crippen LogP contribution in [0.2, 0.25) is 5.02 Å². The number of amides is 1. The molecule has 6 heteroatoms. The molecule has 0 saturated heterocycles. The standard InChI is InChI=1S/C25H27ClN2O3/c1-4-30-24-13-19(15-27-22-14-20(26)9-7-18(22)3)8-12-23(24)31-16-25(29)28-21-10-5-17(2)6-11-21/h5-14,27H,4,15-16H2,1-3H3,(H,28,29). The van der Waals surface area contributed by atoms with Crippen LogP contribution in [0.5, 0.6) is 11.5 Å². The van der Waals surface area contributed by atoms with E-state index in [0.717, 1.165) is 28.1 Å². The van der Waals surface area contributed by atoms with Gasteiger partial charge in [0.15, 0.2) is 18.1 Å². The Morgan fingerprint density at radius 1 is 0.935 bits per heavy atom. The third-order valence-electron chi connectivity index (χ3n) is 4.68. The quantitative estimate of drug-likeness (QED) is 0.431. The van der Waals surface area contributed by atoms with Crippen molar-refractivity contribution in [3.05, 3.63) is 82.4 Å². The van der Waals surface area contributed by atoms with Crippen LogP contribution in [0, 0.1) is 13.8 Å². The molecule has 31 heavy (non-hydrogen) atoms. The maximum atomic E-state index is 12.2. The van der Waals surface area contributed by atoms with Crippen LogP contribution in [0.1, 0.15) is 23.6 Å². The topological polar surface area (TPSA) is 59.6 Å². The van der Waals surface area contributed by atoms with Gasteiger partial charge in [-0.3, -0.25) is 4.79 Å². The number of carbonyl (C=O) groups excluding carboxylic acids is 1. The molecule has 0 bridgehead atoms. The highest BCUT2D eigenvalue weighted by atomic mass is 35.5. The van der Waals surface area contributed by atoms with Gasteiger partial charge >= 0.3 is 0 Å². The number of benzene rings is 3. The summed E-state index contributed by atoms with van der Waals surface area (Å²) in [5.41, 5.74) is 5.00. The largest absolute Gasteiger partial charge is 0.490 e. The first-order chi connectivity index (χ1) is 14.9. The van der Waals surface area contributed by atoms with Crippen molar-refractivity contribution in [3.8, 4) is 11.5 Å². The van der Waals surface area contributed by atoms with Gasteiger partial charge in [-0.05, 0) is 68.3 Å². The minimum Gasteiger partial charge on any atom is -0.490 e. The number of ether oxygens (including phenoxy) is 2. The predicted octanol–water partition coefficient (Wildman–Crippen LogP) is 5.99. The molecule has 0 aliphatic heterocycles. The van der Waals surface area contributed by atoms with Crippen molar-refractivity contribution in [1.29, 1.82) is 0 Å². The van der Waals surface area contributed by atoms with Crippen LogP contribution in [0.15, 0.2) is 60.7 Å². The molecule has 162 valence electrons. The number of nitrogens with one attached hydrogen (secondary N) is 2. The van der Waals surface area contributed by atoms with Crippen LogP contribution in [0.3, 0.4) is 0 Å². The van der Waals surface area contributed by atoms with E-state index in [9.17, 15) is 4.79 Å². The van der Waals surface area contributed by atoms with E-state index in [2.05, 4.69) is 10.6 Å². The number of halogens is 1. The predicted molar refractivity (Wildman–Crippen MR) is 126 cm³/mol. The molecule has 0 aliphatic rings. The zero-order valence-electron chi connectivity index (χ0n) is 18.0. The second-order valence-electron chi connectivity index (χ2n) is 7.23. The molecule has 0 atom stereocenters. The van der Waals surface area contributed by atoms with Crippen LogP contribution in [-0.4, -0.2) is 19.1 Å². The van der Waals surface area contributed by atoms with Crippen LogP contribution in [-0.2, 0) is 11.3 Å². The molecular weight excluding hydrogens is 412 g/mol. The molecule has 2 N–H and O–H groups in total. The molecule has 3 aromatic carbocycles. The van der Waals surface area contributed by atoms with Crippen molar-refractivity contribution >= 4 is 28.9 Å². The van der Waals surface area contributed by atoms with Crippen molar-refractivity contribution in [2.75, 3.05) is 23.8 Å². The second-order valence-corrected chi connectivity index (χ2v) is 7.67. The Labute approximate surface area is 188 Å². The molecule has 0 heterocycles. The summed E-state index contributed by atoms with van der Waals surface area (Å²) < 4.78 is 11.5. The smallest absolute Gasteiger partial charge is 0.262 e. The first-order valence-corrected chi connectivity index (χ1v) is 10.6. The summed E-state index contributed by atoms with van der Waals surface area (Å²) in [5.74, 6) is 0.907. The molecule has 3 rings (SSSR count). The van der Waals surface area contributed by atoms with Crippen molar-refractivity contribution in [2.24, 2.45) is 0 Å². The average Bonchev–Trinajstić information content (AvgIpc) is 2.75. The van der Waals surface area contributed by atoms with Crippen LogP contribution in [0.25, 0.3) is 0 Å². The van der Waals surface area contributed by atoms with E-state index >= 15 is 0 Å². The molecule has 0 radical (unpaired) electrons.